The predicted octanol–water partition coefficient (Wildman–Crippen LogP) is 0.805. The lowest BCUT2D eigenvalue weighted by Gasteiger charge is -2.49. The Kier molecular flexibility index (Phi) is 8.63. The fourth-order valence-electron chi connectivity index (χ4n) is 3.30. The molecule has 2 aliphatic rings. The molecule has 2 aliphatic heterocycles. The van der Waals surface area contributed by atoms with E-state index in [1.54, 1.807) is 6.92 Å². The van der Waals surface area contributed by atoms with Gasteiger partial charge in [-0.2, -0.15) is 22.5 Å². The number of rotatable bonds is 10. The minimum Gasteiger partial charge on any atom is -0.477 e. The number of hydrogen-bond donors (Lipinski definition) is 4. The Morgan fingerprint density at radius 2 is 2.13 bits per heavy atom. The number of nitrogens with zero attached hydrogens (tertiary/aromatic N) is 6. The summed E-state index contributed by atoms with van der Waals surface area (Å²) in [6, 6.07) is -1.49. The Morgan fingerprint density at radius 1 is 1.38 bits per heavy atom. The summed E-state index contributed by atoms with van der Waals surface area (Å²) in [5.74, 6) is -3.10. The van der Waals surface area contributed by atoms with Crippen LogP contribution < -0.4 is 16.8 Å². The monoisotopic (exact) mass is 625 g/mol. The zero-order chi connectivity index (χ0) is 28.5. The number of alkyl halides is 3. The van der Waals surface area contributed by atoms with Crippen LogP contribution >= 0.6 is 46.4 Å². The van der Waals surface area contributed by atoms with Crippen LogP contribution in [0.5, 0.6) is 0 Å². The average Bonchev–Trinajstić information content (AvgIpc) is 3.51. The van der Waals surface area contributed by atoms with Crippen molar-refractivity contribution in [1.82, 2.24) is 29.8 Å². The van der Waals surface area contributed by atoms with Gasteiger partial charge in [0.15, 0.2) is 9.47 Å². The van der Waals surface area contributed by atoms with Crippen LogP contribution in [0.4, 0.5) is 18.3 Å². The molecule has 2 amide bonds. The van der Waals surface area contributed by atoms with E-state index in [0.717, 1.165) is 4.90 Å². The standard InChI is InChI=1S/C18H18F3N9O5S4/c1-5(22)12-26-27-17(38-12)37-3-6-2-36-14-8(13(32)30(14)9(6)15(33)34)24-11(31)7(10-25-16(23)39-29-10)28-35-4-18(19,20)21/h5,8,14H,2-4,22H2,1H3,(H,24,31)(H,33,34)(H2,23,25,29)/b28-7+/t5?,8?,14-/m1/s1. The van der Waals surface area contributed by atoms with Crippen molar-refractivity contribution < 1.29 is 37.5 Å². The number of carboxylic acids is 1. The van der Waals surface area contributed by atoms with Crippen LogP contribution in [0.2, 0.25) is 0 Å². The van der Waals surface area contributed by atoms with E-state index in [1.807, 2.05) is 0 Å². The number of nitrogens with one attached hydrogen (secondary N) is 1. The number of oxime groups is 1. The number of carbonyl (C=O) groups is 3. The fraction of sp³-hybridized carbons (Fsp3) is 0.444. The Labute approximate surface area is 233 Å². The first-order chi connectivity index (χ1) is 18.4. The molecule has 0 radical (unpaired) electrons. The lowest BCUT2D eigenvalue weighted by atomic mass is 10.0. The molecule has 6 N–H and O–H groups in total. The summed E-state index contributed by atoms with van der Waals surface area (Å²) in [6.07, 6.45) is -4.72. The van der Waals surface area contributed by atoms with E-state index >= 15 is 0 Å². The molecular formula is C18H18F3N9O5S4. The molecule has 21 heteroatoms. The third-order valence-corrected chi connectivity index (χ3v) is 9.20. The number of halogens is 3. The number of nitrogens with two attached hydrogens (primary N) is 2. The molecule has 1 fully saturated rings. The van der Waals surface area contributed by atoms with Gasteiger partial charge in [0, 0.05) is 23.0 Å². The van der Waals surface area contributed by atoms with Gasteiger partial charge < -0.3 is 26.7 Å². The number of thioether (sulfide) groups is 2. The normalized spacial score (nSPS) is 20.4. The fourth-order valence-corrected chi connectivity index (χ4v) is 7.04. The highest BCUT2D eigenvalue weighted by molar-refractivity contribution is 8.01. The zero-order valence-corrected chi connectivity index (χ0v) is 22.8. The third kappa shape index (κ3) is 6.59. The maximum absolute atomic E-state index is 12.9. The van der Waals surface area contributed by atoms with Crippen molar-refractivity contribution in [2.24, 2.45) is 10.9 Å². The van der Waals surface area contributed by atoms with Crippen LogP contribution in [-0.4, -0.2) is 88.8 Å². The Morgan fingerprint density at radius 3 is 2.72 bits per heavy atom. The summed E-state index contributed by atoms with van der Waals surface area (Å²) < 4.78 is 41.8. The van der Waals surface area contributed by atoms with Crippen LogP contribution in [-0.2, 0) is 19.2 Å². The largest absolute Gasteiger partial charge is 0.477 e. The second-order valence-electron chi connectivity index (χ2n) is 7.89. The van der Waals surface area contributed by atoms with Gasteiger partial charge >= 0.3 is 12.1 Å². The molecule has 0 saturated carbocycles. The highest BCUT2D eigenvalue weighted by Gasteiger charge is 2.54. The number of β-lactam (4-membered cyclic amide) rings is 1. The van der Waals surface area contributed by atoms with Gasteiger partial charge in [-0.05, 0) is 12.5 Å². The smallest absolute Gasteiger partial charge is 0.425 e. The summed E-state index contributed by atoms with van der Waals surface area (Å²) in [4.78, 5) is 46.9. The van der Waals surface area contributed by atoms with Gasteiger partial charge in [-0.25, -0.2) is 4.79 Å². The quantitative estimate of drug-likeness (QED) is 0.125. The molecule has 14 nitrogen and oxygen atoms in total. The zero-order valence-electron chi connectivity index (χ0n) is 19.5. The first kappa shape index (κ1) is 29.0. The highest BCUT2D eigenvalue weighted by Crippen LogP contribution is 2.42. The minimum absolute atomic E-state index is 0.0843. The Balaban J connectivity index is 1.47. The lowest BCUT2D eigenvalue weighted by molar-refractivity contribution is -0.174. The summed E-state index contributed by atoms with van der Waals surface area (Å²) in [5, 5.41) is 23.2. The summed E-state index contributed by atoms with van der Waals surface area (Å²) in [7, 11) is 0. The summed E-state index contributed by atoms with van der Waals surface area (Å²) in [5.41, 5.74) is 10.8. The number of hydrogen-bond acceptors (Lipinski definition) is 15. The number of fused-ring (bicyclic) bond motifs is 1. The van der Waals surface area contributed by atoms with Crippen molar-refractivity contribution in [3.63, 3.8) is 0 Å². The van der Waals surface area contributed by atoms with E-state index < -0.39 is 53.5 Å². The number of carboxylic acid groups (broad SMARTS) is 1. The third-order valence-electron chi connectivity index (χ3n) is 4.97. The predicted molar refractivity (Wildman–Crippen MR) is 136 cm³/mol. The molecular weight excluding hydrogens is 608 g/mol. The van der Waals surface area contributed by atoms with Crippen molar-refractivity contribution in [2.75, 3.05) is 23.8 Å². The van der Waals surface area contributed by atoms with Gasteiger partial charge in [-0.1, -0.05) is 28.3 Å². The molecule has 210 valence electrons. The van der Waals surface area contributed by atoms with Gasteiger partial charge in [-0.15, -0.1) is 22.0 Å². The second kappa shape index (κ2) is 11.6. The molecule has 0 spiro atoms. The first-order valence-electron chi connectivity index (χ1n) is 10.6. The van der Waals surface area contributed by atoms with E-state index in [9.17, 15) is 32.7 Å². The molecule has 2 aromatic heterocycles. The number of carbonyl (C=O) groups excluding carboxylic acids is 2. The maximum atomic E-state index is 12.9. The molecule has 2 unspecified atom stereocenters. The number of aliphatic carboxylic acids is 1. The molecule has 3 atom stereocenters. The molecule has 1 saturated heterocycles. The van der Waals surface area contributed by atoms with Gasteiger partial charge in [-0.3, -0.25) is 14.5 Å². The van der Waals surface area contributed by atoms with Crippen LogP contribution in [0.3, 0.4) is 0 Å². The van der Waals surface area contributed by atoms with Crippen LogP contribution in [0, 0.1) is 0 Å². The number of amides is 2. The van der Waals surface area contributed by atoms with Crippen LogP contribution in [0.25, 0.3) is 0 Å². The molecule has 4 rings (SSSR count). The maximum Gasteiger partial charge on any atom is 0.425 e. The van der Waals surface area contributed by atoms with E-state index in [2.05, 4.69) is 34.9 Å². The van der Waals surface area contributed by atoms with Crippen molar-refractivity contribution >= 4 is 75.0 Å². The highest BCUT2D eigenvalue weighted by atomic mass is 32.2. The van der Waals surface area contributed by atoms with Gasteiger partial charge in [0.25, 0.3) is 11.8 Å². The van der Waals surface area contributed by atoms with E-state index in [4.69, 9.17) is 11.5 Å². The summed E-state index contributed by atoms with van der Waals surface area (Å²) in [6.45, 7) is -0.0228. The van der Waals surface area contributed by atoms with E-state index in [-0.39, 0.29) is 28.4 Å². The van der Waals surface area contributed by atoms with Gasteiger partial charge in [0.2, 0.25) is 18.1 Å². The average molecular weight is 626 g/mol. The SMILES string of the molecule is CC(N)c1nnc(SCC2=C(C(=O)O)N3C(=O)C(NC(=O)/C(=N/OCC(F)(F)F)c4nsc(N)n4)[C@H]3SC2)s1. The van der Waals surface area contributed by atoms with Crippen molar-refractivity contribution in [1.29, 1.82) is 0 Å². The molecule has 4 heterocycles. The Bertz CT molecular complexity index is 1350. The van der Waals surface area contributed by atoms with Gasteiger partial charge in [0.1, 0.15) is 22.1 Å². The minimum atomic E-state index is -4.72. The van der Waals surface area contributed by atoms with Crippen molar-refractivity contribution in [2.45, 2.75) is 34.9 Å². The van der Waals surface area contributed by atoms with E-state index in [0.29, 0.717) is 26.5 Å². The number of nitrogen functional groups attached to an aromatic ring is 1. The summed E-state index contributed by atoms with van der Waals surface area (Å²) >= 11 is 4.41. The molecule has 0 aromatic carbocycles. The number of aromatic nitrogens is 4. The first-order valence-corrected chi connectivity index (χ1v) is 14.3. The Hall–Kier alpha value is -3.01. The number of anilines is 1. The van der Waals surface area contributed by atoms with Crippen molar-refractivity contribution in [3.8, 4) is 0 Å². The second-order valence-corrected chi connectivity index (χ2v) is 12.0. The van der Waals surface area contributed by atoms with Crippen LogP contribution in [0.15, 0.2) is 20.8 Å². The topological polar surface area (TPSA) is 212 Å². The van der Waals surface area contributed by atoms with Crippen LogP contribution in [0.1, 0.15) is 23.8 Å². The molecule has 0 bridgehead atoms. The van der Waals surface area contributed by atoms with E-state index in [1.165, 1.54) is 34.9 Å². The van der Waals surface area contributed by atoms with Crippen molar-refractivity contribution in [3.05, 3.63) is 22.1 Å². The van der Waals surface area contributed by atoms with Gasteiger partial charge in [0.05, 0.1) is 6.04 Å². The molecule has 0 aliphatic carbocycles. The lowest BCUT2D eigenvalue weighted by Crippen LogP contribution is -2.71. The molecule has 39 heavy (non-hydrogen) atoms. The molecule has 2 aromatic rings.